The lowest BCUT2D eigenvalue weighted by molar-refractivity contribution is 0.415. The smallest absolute Gasteiger partial charge is 0.330 e. The molecule has 0 aliphatic carbocycles. The van der Waals surface area contributed by atoms with Crippen molar-refractivity contribution in [3.05, 3.63) is 57.4 Å². The lowest BCUT2D eigenvalue weighted by Gasteiger charge is -2.10. The fourth-order valence-electron chi connectivity index (χ4n) is 2.49. The summed E-state index contributed by atoms with van der Waals surface area (Å²) < 4.78 is 7.68. The van der Waals surface area contributed by atoms with Crippen molar-refractivity contribution >= 4 is 10.9 Å². The molecule has 0 N–H and O–H groups in total. The van der Waals surface area contributed by atoms with E-state index in [1.165, 1.54) is 11.6 Å². The van der Waals surface area contributed by atoms with Crippen molar-refractivity contribution in [2.75, 3.05) is 7.11 Å². The highest BCUT2D eigenvalue weighted by molar-refractivity contribution is 5.91. The van der Waals surface area contributed by atoms with Gasteiger partial charge in [0.2, 0.25) is 0 Å². The van der Waals surface area contributed by atoms with Crippen molar-refractivity contribution in [3.8, 4) is 17.0 Å². The summed E-state index contributed by atoms with van der Waals surface area (Å²) in [4.78, 5) is 28.9. The van der Waals surface area contributed by atoms with Crippen LogP contribution in [0.5, 0.6) is 5.75 Å². The molecule has 0 aliphatic rings. The molecule has 112 valence electrons. The molecule has 0 radical (unpaired) electrons. The van der Waals surface area contributed by atoms with Crippen LogP contribution in [-0.4, -0.2) is 21.2 Å². The van der Waals surface area contributed by atoms with Gasteiger partial charge in [-0.15, -0.1) is 0 Å². The highest BCUT2D eigenvalue weighted by atomic mass is 16.5. The molecule has 2 aromatic heterocycles. The van der Waals surface area contributed by atoms with Crippen molar-refractivity contribution < 1.29 is 4.74 Å². The Hall–Kier alpha value is -2.89. The first kappa shape index (κ1) is 14.1. The van der Waals surface area contributed by atoms with E-state index in [-0.39, 0.29) is 11.2 Å². The molecule has 6 nitrogen and oxygen atoms in total. The van der Waals surface area contributed by atoms with Gasteiger partial charge >= 0.3 is 5.69 Å². The summed E-state index contributed by atoms with van der Waals surface area (Å²) in [6, 6.07) is 8.96. The third kappa shape index (κ3) is 2.00. The maximum absolute atomic E-state index is 12.5. The fraction of sp³-hybridized carbons (Fsp3) is 0.188. The van der Waals surface area contributed by atoms with E-state index in [0.717, 1.165) is 15.9 Å². The molecule has 22 heavy (non-hydrogen) atoms. The number of aryl methyl sites for hydroxylation is 1. The summed E-state index contributed by atoms with van der Waals surface area (Å²) in [5, 5.41) is 0.428. The first-order valence-corrected chi connectivity index (χ1v) is 6.73. The van der Waals surface area contributed by atoms with Crippen LogP contribution < -0.4 is 16.0 Å². The number of nitrogens with zero attached hydrogens (tertiary/aromatic N) is 3. The third-order valence-corrected chi connectivity index (χ3v) is 3.75. The molecule has 0 saturated heterocycles. The fourth-order valence-corrected chi connectivity index (χ4v) is 2.49. The quantitative estimate of drug-likeness (QED) is 0.715. The Bertz CT molecular complexity index is 969. The zero-order valence-electron chi connectivity index (χ0n) is 12.5. The van der Waals surface area contributed by atoms with Gasteiger partial charge in [0.25, 0.3) is 5.56 Å². The highest BCUT2D eigenvalue weighted by Gasteiger charge is 2.14. The first-order valence-electron chi connectivity index (χ1n) is 6.73. The van der Waals surface area contributed by atoms with Crippen LogP contribution in [0.1, 0.15) is 0 Å². The normalized spacial score (nSPS) is 10.9. The average Bonchev–Trinajstić information content (AvgIpc) is 2.57. The minimum Gasteiger partial charge on any atom is -0.497 e. The van der Waals surface area contributed by atoms with Gasteiger partial charge in [0.05, 0.1) is 23.7 Å². The van der Waals surface area contributed by atoms with Crippen molar-refractivity contribution in [2.45, 2.75) is 0 Å². The summed E-state index contributed by atoms with van der Waals surface area (Å²) in [6.07, 6.45) is 1.60. The second kappa shape index (κ2) is 5.14. The molecule has 6 heteroatoms. The van der Waals surface area contributed by atoms with E-state index in [1.807, 2.05) is 24.3 Å². The van der Waals surface area contributed by atoms with Crippen molar-refractivity contribution in [1.82, 2.24) is 14.1 Å². The van der Waals surface area contributed by atoms with E-state index in [9.17, 15) is 9.59 Å². The van der Waals surface area contributed by atoms with E-state index >= 15 is 0 Å². The molecule has 3 rings (SSSR count). The Morgan fingerprint density at radius 1 is 1.00 bits per heavy atom. The lowest BCUT2D eigenvalue weighted by atomic mass is 10.1. The number of rotatable bonds is 2. The molecule has 2 heterocycles. The van der Waals surface area contributed by atoms with Gasteiger partial charge in [0.1, 0.15) is 5.75 Å². The first-order chi connectivity index (χ1) is 10.5. The molecule has 0 aliphatic heterocycles. The Labute approximate surface area is 126 Å². The molecule has 1 aromatic carbocycles. The second-order valence-electron chi connectivity index (χ2n) is 4.99. The van der Waals surface area contributed by atoms with Crippen molar-refractivity contribution in [3.63, 3.8) is 0 Å². The van der Waals surface area contributed by atoms with Crippen LogP contribution in [0.3, 0.4) is 0 Å². The summed E-state index contributed by atoms with van der Waals surface area (Å²) >= 11 is 0. The maximum Gasteiger partial charge on any atom is 0.330 e. The summed E-state index contributed by atoms with van der Waals surface area (Å²) in [5.41, 5.74) is 1.20. The lowest BCUT2D eigenvalue weighted by Crippen LogP contribution is -2.37. The molecule has 3 aromatic rings. The van der Waals surface area contributed by atoms with Crippen LogP contribution in [0, 0.1) is 0 Å². The third-order valence-electron chi connectivity index (χ3n) is 3.75. The number of benzene rings is 1. The van der Waals surface area contributed by atoms with Gasteiger partial charge in [0.15, 0.2) is 0 Å². The summed E-state index contributed by atoms with van der Waals surface area (Å²) in [7, 11) is 4.70. The van der Waals surface area contributed by atoms with Crippen LogP contribution in [-0.2, 0) is 14.1 Å². The largest absolute Gasteiger partial charge is 0.497 e. The van der Waals surface area contributed by atoms with Crippen molar-refractivity contribution in [2.24, 2.45) is 14.1 Å². The van der Waals surface area contributed by atoms with Gasteiger partial charge in [-0.1, -0.05) is 0 Å². The van der Waals surface area contributed by atoms with E-state index in [2.05, 4.69) is 4.98 Å². The number of ether oxygens (including phenoxy) is 1. The Morgan fingerprint density at radius 2 is 1.68 bits per heavy atom. The summed E-state index contributed by atoms with van der Waals surface area (Å²) in [5.74, 6) is 0.726. The molecule has 0 amide bonds. The number of methoxy groups -OCH3 is 1. The molecule has 0 bridgehead atoms. The number of aromatic nitrogens is 3. The van der Waals surface area contributed by atoms with Crippen LogP contribution in [0.15, 0.2) is 46.1 Å². The monoisotopic (exact) mass is 297 g/mol. The number of hydrogen-bond donors (Lipinski definition) is 0. The van der Waals surface area contributed by atoms with Gasteiger partial charge < -0.3 is 4.74 Å². The van der Waals surface area contributed by atoms with Crippen molar-refractivity contribution in [1.29, 1.82) is 0 Å². The zero-order valence-corrected chi connectivity index (χ0v) is 12.5. The van der Waals surface area contributed by atoms with Gasteiger partial charge in [0, 0.05) is 25.9 Å². The molecule has 0 fully saturated rings. The van der Waals surface area contributed by atoms with Crippen LogP contribution >= 0.6 is 0 Å². The SMILES string of the molecule is COc1ccc(-c2nccc3c2c(=O)n(C)c(=O)n3C)cc1. The van der Waals surface area contributed by atoms with Gasteiger partial charge in [-0.25, -0.2) is 4.79 Å². The molecular formula is C16H15N3O3. The van der Waals surface area contributed by atoms with Gasteiger partial charge in [-0.05, 0) is 30.3 Å². The van der Waals surface area contributed by atoms with E-state index in [0.29, 0.717) is 16.6 Å². The number of pyridine rings is 1. The molecule has 0 unspecified atom stereocenters. The molecule has 0 spiro atoms. The zero-order chi connectivity index (χ0) is 15.9. The molecule has 0 atom stereocenters. The Kier molecular flexibility index (Phi) is 3.29. The van der Waals surface area contributed by atoms with E-state index in [4.69, 9.17) is 4.74 Å². The van der Waals surface area contributed by atoms with Crippen LogP contribution in [0.2, 0.25) is 0 Å². The average molecular weight is 297 g/mol. The molecule has 0 saturated carbocycles. The van der Waals surface area contributed by atoms with Gasteiger partial charge in [-0.2, -0.15) is 0 Å². The number of hydrogen-bond acceptors (Lipinski definition) is 4. The standard InChI is InChI=1S/C16H15N3O3/c1-18-12-8-9-17-14(10-4-6-11(22-3)7-5-10)13(12)15(20)19(2)16(18)21/h4-9H,1-3H3. The molecular weight excluding hydrogens is 282 g/mol. The van der Waals surface area contributed by atoms with E-state index in [1.54, 1.807) is 26.4 Å². The minimum atomic E-state index is -0.357. The minimum absolute atomic E-state index is 0.350. The predicted molar refractivity (Wildman–Crippen MR) is 84.2 cm³/mol. The second-order valence-corrected chi connectivity index (χ2v) is 4.99. The summed E-state index contributed by atoms with van der Waals surface area (Å²) in [6.45, 7) is 0. The Balaban J connectivity index is 2.40. The topological polar surface area (TPSA) is 66.1 Å². The van der Waals surface area contributed by atoms with E-state index < -0.39 is 0 Å². The Morgan fingerprint density at radius 3 is 2.32 bits per heavy atom. The predicted octanol–water partition coefficient (Wildman–Crippen LogP) is 1.31. The van der Waals surface area contributed by atoms with Gasteiger partial charge in [-0.3, -0.25) is 18.9 Å². The number of fused-ring (bicyclic) bond motifs is 1. The van der Waals surface area contributed by atoms with Crippen LogP contribution in [0.4, 0.5) is 0 Å². The van der Waals surface area contributed by atoms with Crippen LogP contribution in [0.25, 0.3) is 22.2 Å². The maximum atomic E-state index is 12.5. The highest BCUT2D eigenvalue weighted by Crippen LogP contribution is 2.25.